The number of Topliss-reactive ketones (excluding diaryl/α,β-unsaturated/α-hetero) is 1. The number of hydrogen-bond donors (Lipinski definition) is 0. The number of likely N-dealkylation sites (N-methyl/N-ethyl adjacent to an activating group) is 1. The van der Waals surface area contributed by atoms with E-state index in [-0.39, 0.29) is 11.9 Å². The first kappa shape index (κ1) is 13.2. The highest BCUT2D eigenvalue weighted by Crippen LogP contribution is 2.14. The van der Waals surface area contributed by atoms with Gasteiger partial charge < -0.3 is 9.64 Å². The number of ether oxygens (including phenoxy) is 1. The first-order chi connectivity index (χ1) is 8.56. The molecule has 1 aliphatic rings. The van der Waals surface area contributed by atoms with Crippen molar-refractivity contribution in [2.75, 3.05) is 26.7 Å². The van der Waals surface area contributed by atoms with E-state index in [4.69, 9.17) is 4.74 Å². The summed E-state index contributed by atoms with van der Waals surface area (Å²) in [5, 5.41) is 0. The molecule has 1 aromatic rings. The van der Waals surface area contributed by atoms with Gasteiger partial charge in [0, 0.05) is 19.5 Å². The molecule has 0 amide bonds. The Morgan fingerprint density at radius 2 is 2.22 bits per heavy atom. The van der Waals surface area contributed by atoms with Crippen molar-refractivity contribution < 1.29 is 9.53 Å². The largest absolute Gasteiger partial charge is 0.368 e. The number of aryl methyl sites for hydroxylation is 2. The molecule has 1 aromatic carbocycles. The standard InChI is InChI=1S/C15H21NO2/c1-11-4-5-12(2)13(8-11)9-14(17)15-10-16(3)6-7-18-15/h4-5,8,15H,6-7,9-10H2,1-3H3. The Bertz CT molecular complexity index is 442. The van der Waals surface area contributed by atoms with E-state index in [2.05, 4.69) is 36.9 Å². The molecule has 1 fully saturated rings. The smallest absolute Gasteiger partial charge is 0.167 e. The molecule has 0 spiro atoms. The summed E-state index contributed by atoms with van der Waals surface area (Å²) in [7, 11) is 2.03. The third kappa shape index (κ3) is 3.18. The van der Waals surface area contributed by atoms with Crippen LogP contribution in [0.25, 0.3) is 0 Å². The Kier molecular flexibility index (Phi) is 4.15. The Balaban J connectivity index is 2.04. The maximum absolute atomic E-state index is 12.2. The normalized spacial score (nSPS) is 20.9. The quantitative estimate of drug-likeness (QED) is 0.815. The molecule has 1 saturated heterocycles. The molecular formula is C15H21NO2. The number of carbonyl (C=O) groups is 1. The zero-order valence-electron chi connectivity index (χ0n) is 11.4. The lowest BCUT2D eigenvalue weighted by molar-refractivity contribution is -0.134. The maximum Gasteiger partial charge on any atom is 0.167 e. The minimum absolute atomic E-state index is 0.190. The van der Waals surface area contributed by atoms with Crippen LogP contribution in [0.1, 0.15) is 16.7 Å². The summed E-state index contributed by atoms with van der Waals surface area (Å²) in [5.41, 5.74) is 3.50. The van der Waals surface area contributed by atoms with Crippen LogP contribution in [0.2, 0.25) is 0 Å². The van der Waals surface area contributed by atoms with Crippen molar-refractivity contribution in [3.05, 3.63) is 34.9 Å². The van der Waals surface area contributed by atoms with E-state index < -0.39 is 0 Å². The van der Waals surface area contributed by atoms with Crippen LogP contribution in [0.3, 0.4) is 0 Å². The van der Waals surface area contributed by atoms with Gasteiger partial charge in [0.25, 0.3) is 0 Å². The van der Waals surface area contributed by atoms with E-state index in [9.17, 15) is 4.79 Å². The fourth-order valence-corrected chi connectivity index (χ4v) is 2.26. The molecule has 0 bridgehead atoms. The second-order valence-corrected chi connectivity index (χ2v) is 5.19. The fourth-order valence-electron chi connectivity index (χ4n) is 2.26. The molecule has 1 aliphatic heterocycles. The summed E-state index contributed by atoms with van der Waals surface area (Å²) >= 11 is 0. The van der Waals surface area contributed by atoms with E-state index in [1.54, 1.807) is 0 Å². The van der Waals surface area contributed by atoms with Crippen LogP contribution in [-0.4, -0.2) is 43.5 Å². The van der Waals surface area contributed by atoms with Gasteiger partial charge in [-0.3, -0.25) is 4.79 Å². The minimum Gasteiger partial charge on any atom is -0.368 e. The molecule has 0 saturated carbocycles. The zero-order chi connectivity index (χ0) is 13.1. The summed E-state index contributed by atoms with van der Waals surface area (Å²) in [6.45, 7) is 6.38. The molecule has 2 rings (SSSR count). The third-order valence-corrected chi connectivity index (χ3v) is 3.50. The maximum atomic E-state index is 12.2. The van der Waals surface area contributed by atoms with Crippen molar-refractivity contribution in [2.24, 2.45) is 0 Å². The Morgan fingerprint density at radius 1 is 1.44 bits per heavy atom. The minimum atomic E-state index is -0.260. The van der Waals surface area contributed by atoms with Gasteiger partial charge in [0.2, 0.25) is 0 Å². The van der Waals surface area contributed by atoms with Crippen LogP contribution in [0.5, 0.6) is 0 Å². The first-order valence-corrected chi connectivity index (χ1v) is 6.45. The fraction of sp³-hybridized carbons (Fsp3) is 0.533. The number of rotatable bonds is 3. The number of morpholine rings is 1. The summed E-state index contributed by atoms with van der Waals surface area (Å²) < 4.78 is 5.56. The zero-order valence-corrected chi connectivity index (χ0v) is 11.4. The van der Waals surface area contributed by atoms with Gasteiger partial charge in [-0.15, -0.1) is 0 Å². The highest BCUT2D eigenvalue weighted by atomic mass is 16.5. The lowest BCUT2D eigenvalue weighted by Crippen LogP contribution is -2.44. The highest BCUT2D eigenvalue weighted by Gasteiger charge is 2.24. The van der Waals surface area contributed by atoms with Crippen LogP contribution < -0.4 is 0 Å². The molecule has 1 unspecified atom stereocenters. The van der Waals surface area contributed by atoms with Crippen LogP contribution in [0, 0.1) is 13.8 Å². The van der Waals surface area contributed by atoms with Gasteiger partial charge in [-0.1, -0.05) is 23.8 Å². The Labute approximate surface area is 109 Å². The van der Waals surface area contributed by atoms with Gasteiger partial charge in [0.1, 0.15) is 6.10 Å². The lowest BCUT2D eigenvalue weighted by atomic mass is 9.98. The van der Waals surface area contributed by atoms with Crippen LogP contribution in [0.15, 0.2) is 18.2 Å². The second kappa shape index (κ2) is 5.63. The highest BCUT2D eigenvalue weighted by molar-refractivity contribution is 5.85. The summed E-state index contributed by atoms with van der Waals surface area (Å²) in [5.74, 6) is 0.190. The van der Waals surface area contributed by atoms with Gasteiger partial charge >= 0.3 is 0 Å². The van der Waals surface area contributed by atoms with E-state index in [1.165, 1.54) is 11.1 Å². The predicted molar refractivity (Wildman–Crippen MR) is 71.9 cm³/mol. The average Bonchev–Trinajstić information content (AvgIpc) is 2.34. The van der Waals surface area contributed by atoms with E-state index >= 15 is 0 Å². The van der Waals surface area contributed by atoms with E-state index in [0.717, 1.165) is 12.1 Å². The molecule has 0 N–H and O–H groups in total. The van der Waals surface area contributed by atoms with Gasteiger partial charge in [0.05, 0.1) is 6.61 Å². The van der Waals surface area contributed by atoms with Crippen LogP contribution >= 0.6 is 0 Å². The molecule has 18 heavy (non-hydrogen) atoms. The molecule has 98 valence electrons. The summed E-state index contributed by atoms with van der Waals surface area (Å²) in [6.07, 6.45) is 0.218. The van der Waals surface area contributed by atoms with Crippen molar-refractivity contribution >= 4 is 5.78 Å². The Hall–Kier alpha value is -1.19. The van der Waals surface area contributed by atoms with Gasteiger partial charge in [0.15, 0.2) is 5.78 Å². The van der Waals surface area contributed by atoms with Crippen molar-refractivity contribution in [2.45, 2.75) is 26.4 Å². The predicted octanol–water partition coefficient (Wildman–Crippen LogP) is 1.75. The van der Waals surface area contributed by atoms with Crippen molar-refractivity contribution in [1.82, 2.24) is 4.90 Å². The van der Waals surface area contributed by atoms with E-state index in [1.807, 2.05) is 7.05 Å². The molecule has 0 aliphatic carbocycles. The molecule has 1 heterocycles. The monoisotopic (exact) mass is 247 g/mol. The number of carbonyl (C=O) groups excluding carboxylic acids is 1. The number of hydrogen-bond acceptors (Lipinski definition) is 3. The topological polar surface area (TPSA) is 29.5 Å². The molecule has 1 atom stereocenters. The number of ketones is 1. The average molecular weight is 247 g/mol. The summed E-state index contributed by atoms with van der Waals surface area (Å²) in [4.78, 5) is 14.4. The van der Waals surface area contributed by atoms with Crippen molar-refractivity contribution in [1.29, 1.82) is 0 Å². The molecule has 3 heteroatoms. The van der Waals surface area contributed by atoms with Gasteiger partial charge in [-0.2, -0.15) is 0 Å². The molecule has 0 radical (unpaired) electrons. The molecule has 0 aromatic heterocycles. The van der Waals surface area contributed by atoms with Gasteiger partial charge in [-0.25, -0.2) is 0 Å². The SMILES string of the molecule is Cc1ccc(C)c(CC(=O)C2CN(C)CCO2)c1. The second-order valence-electron chi connectivity index (χ2n) is 5.19. The number of benzene rings is 1. The van der Waals surface area contributed by atoms with E-state index in [0.29, 0.717) is 19.6 Å². The molecule has 3 nitrogen and oxygen atoms in total. The molecular weight excluding hydrogens is 226 g/mol. The summed E-state index contributed by atoms with van der Waals surface area (Å²) in [6, 6.07) is 6.25. The van der Waals surface area contributed by atoms with Crippen LogP contribution in [0.4, 0.5) is 0 Å². The Morgan fingerprint density at radius 3 is 2.94 bits per heavy atom. The van der Waals surface area contributed by atoms with Crippen molar-refractivity contribution in [3.63, 3.8) is 0 Å². The van der Waals surface area contributed by atoms with Gasteiger partial charge in [-0.05, 0) is 32.0 Å². The third-order valence-electron chi connectivity index (χ3n) is 3.50. The first-order valence-electron chi connectivity index (χ1n) is 6.45. The van der Waals surface area contributed by atoms with Crippen molar-refractivity contribution in [3.8, 4) is 0 Å². The van der Waals surface area contributed by atoms with Crippen LogP contribution in [-0.2, 0) is 16.0 Å². The lowest BCUT2D eigenvalue weighted by Gasteiger charge is -2.29. The number of nitrogens with zero attached hydrogens (tertiary/aromatic N) is 1.